The van der Waals surface area contributed by atoms with Gasteiger partial charge in [0.05, 0.1) is 12.1 Å². The van der Waals surface area contributed by atoms with Gasteiger partial charge in [0, 0.05) is 11.1 Å². The van der Waals surface area contributed by atoms with Crippen LogP contribution in [0.2, 0.25) is 0 Å². The molecule has 0 aliphatic rings. The molecule has 0 spiro atoms. The second kappa shape index (κ2) is 15.7. The number of carbonyl (C=O) groups is 2. The van der Waals surface area contributed by atoms with E-state index in [4.69, 9.17) is 0 Å². The molecule has 8 heteroatoms. The molecule has 0 aliphatic carbocycles. The van der Waals surface area contributed by atoms with Crippen molar-refractivity contribution in [3.63, 3.8) is 0 Å². The normalized spacial score (nSPS) is 13.3. The quantitative estimate of drug-likeness (QED) is 0.0772. The van der Waals surface area contributed by atoms with Gasteiger partial charge in [0.2, 0.25) is 0 Å². The first kappa shape index (κ1) is 38.8. The van der Waals surface area contributed by atoms with Gasteiger partial charge in [0.15, 0.2) is 0 Å². The van der Waals surface area contributed by atoms with Crippen molar-refractivity contribution in [3.05, 3.63) is 157 Å². The smallest absolute Gasteiger partial charge is 0.405 e. The number of carboxylic acid groups (broad SMARTS) is 2. The van der Waals surface area contributed by atoms with Crippen LogP contribution in [0.15, 0.2) is 146 Å². The zero-order valence-electron chi connectivity index (χ0n) is 33.1. The van der Waals surface area contributed by atoms with Crippen molar-refractivity contribution in [2.45, 2.75) is 45.7 Å². The number of nitrogens with one attached hydrogen (secondary N) is 2. The molecule has 296 valence electrons. The molecule has 3 atom stereocenters. The van der Waals surface area contributed by atoms with Crippen molar-refractivity contribution in [1.29, 1.82) is 0 Å². The fourth-order valence-electron chi connectivity index (χ4n) is 9.44. The number of phenolic OH excluding ortho intramolecular Hbond substituents is 2. The topological polar surface area (TPSA) is 139 Å². The van der Waals surface area contributed by atoms with Crippen LogP contribution in [0.5, 0.6) is 11.5 Å². The molecule has 8 nitrogen and oxygen atoms in total. The molecular weight excluding hydrogens is 737 g/mol. The maximum absolute atomic E-state index is 12.7. The lowest BCUT2D eigenvalue weighted by Gasteiger charge is -2.38. The zero-order chi connectivity index (χ0) is 41.4. The second-order valence-electron chi connectivity index (χ2n) is 16.3. The molecule has 8 aromatic carbocycles. The molecule has 8 rings (SSSR count). The summed E-state index contributed by atoms with van der Waals surface area (Å²) in [6.07, 6.45) is -1.49. The van der Waals surface area contributed by atoms with Crippen molar-refractivity contribution in [2.24, 2.45) is 11.3 Å². The number of hydrogen-bond donors (Lipinski definition) is 6. The molecule has 8 aromatic rings. The Bertz CT molecular complexity index is 2900. The lowest BCUT2D eigenvalue weighted by atomic mass is 9.71. The molecule has 3 unspecified atom stereocenters. The highest BCUT2D eigenvalue weighted by Gasteiger charge is 2.37. The maximum atomic E-state index is 12.7. The number of benzene rings is 8. The third-order valence-corrected chi connectivity index (χ3v) is 11.8. The van der Waals surface area contributed by atoms with Gasteiger partial charge < -0.3 is 31.1 Å². The summed E-state index contributed by atoms with van der Waals surface area (Å²) in [6.45, 7) is 6.12. The Morgan fingerprint density at radius 1 is 0.508 bits per heavy atom. The molecule has 0 aromatic heterocycles. The molecule has 59 heavy (non-hydrogen) atoms. The van der Waals surface area contributed by atoms with E-state index < -0.39 is 29.7 Å². The molecule has 0 fully saturated rings. The van der Waals surface area contributed by atoms with Crippen LogP contribution >= 0.6 is 0 Å². The standard InChI is InChI=1S/C51H46N2O6/c1-30(28-41(52-49(56)57)39-24-20-31-12-4-8-16-35(31)44(39)46-37-18-10-6-14-33(37)22-26-42(46)54)29-51(2,3)48(53-50(58)59)40-25-21-32-13-5-9-17-36(32)45(40)47-38-19-11-7-15-34(38)23-27-43(47)55/h4-27,30,41,48,52-55H,28-29H2,1-3H3,(H,56,57)(H,58,59). The van der Waals surface area contributed by atoms with E-state index in [0.29, 0.717) is 24.0 Å². The van der Waals surface area contributed by atoms with Gasteiger partial charge in [-0.25, -0.2) is 9.59 Å². The Balaban J connectivity index is 1.23. The van der Waals surface area contributed by atoms with Gasteiger partial charge >= 0.3 is 12.2 Å². The van der Waals surface area contributed by atoms with E-state index in [-0.39, 0.29) is 17.4 Å². The lowest BCUT2D eigenvalue weighted by Crippen LogP contribution is -2.39. The van der Waals surface area contributed by atoms with Crippen LogP contribution in [-0.2, 0) is 0 Å². The molecule has 0 saturated heterocycles. The van der Waals surface area contributed by atoms with Gasteiger partial charge in [0.25, 0.3) is 0 Å². The molecule has 0 bridgehead atoms. The van der Waals surface area contributed by atoms with Crippen LogP contribution in [0.3, 0.4) is 0 Å². The van der Waals surface area contributed by atoms with E-state index in [2.05, 4.69) is 17.6 Å². The van der Waals surface area contributed by atoms with Crippen LogP contribution in [-0.4, -0.2) is 32.6 Å². The lowest BCUT2D eigenvalue weighted by molar-refractivity contribution is 0.151. The van der Waals surface area contributed by atoms with E-state index in [1.807, 2.05) is 147 Å². The van der Waals surface area contributed by atoms with Gasteiger partial charge in [-0.1, -0.05) is 154 Å². The minimum atomic E-state index is -1.18. The minimum Gasteiger partial charge on any atom is -0.507 e. The number of phenols is 2. The fraction of sp³-hybridized carbons (Fsp3) is 0.176. The van der Waals surface area contributed by atoms with Gasteiger partial charge in [0.1, 0.15) is 11.5 Å². The van der Waals surface area contributed by atoms with Crippen LogP contribution in [0.25, 0.3) is 65.3 Å². The maximum Gasteiger partial charge on any atom is 0.405 e. The van der Waals surface area contributed by atoms with E-state index in [0.717, 1.165) is 65.3 Å². The van der Waals surface area contributed by atoms with Crippen LogP contribution < -0.4 is 10.6 Å². The molecule has 0 aliphatic heterocycles. The second-order valence-corrected chi connectivity index (χ2v) is 16.3. The summed E-state index contributed by atoms with van der Waals surface area (Å²) >= 11 is 0. The third kappa shape index (κ3) is 7.45. The van der Waals surface area contributed by atoms with E-state index >= 15 is 0 Å². The SMILES string of the molecule is CC(CC(NC(=O)O)c1ccc2ccccc2c1-c1c(O)ccc2ccccc12)CC(C)(C)C(NC(=O)O)c1ccc2ccccc2c1-c1c(O)ccc2ccccc12. The predicted molar refractivity (Wildman–Crippen MR) is 237 cm³/mol. The highest BCUT2D eigenvalue weighted by Crippen LogP contribution is 2.50. The molecule has 0 heterocycles. The summed E-state index contributed by atoms with van der Waals surface area (Å²) < 4.78 is 0. The highest BCUT2D eigenvalue weighted by atomic mass is 16.4. The number of hydrogen-bond acceptors (Lipinski definition) is 4. The van der Waals surface area contributed by atoms with Crippen LogP contribution in [0.4, 0.5) is 9.59 Å². The first-order valence-electron chi connectivity index (χ1n) is 19.9. The minimum absolute atomic E-state index is 0.0903. The van der Waals surface area contributed by atoms with Gasteiger partial charge in [-0.05, 0) is 102 Å². The summed E-state index contributed by atoms with van der Waals surface area (Å²) in [5, 5.41) is 56.7. The first-order valence-corrected chi connectivity index (χ1v) is 19.9. The summed E-state index contributed by atoms with van der Waals surface area (Å²) in [4.78, 5) is 25.3. The summed E-state index contributed by atoms with van der Waals surface area (Å²) in [7, 11) is 0. The monoisotopic (exact) mass is 782 g/mol. The Hall–Kier alpha value is -7.06. The summed E-state index contributed by atoms with van der Waals surface area (Å²) in [5.74, 6) is 0.0402. The molecular formula is C51H46N2O6. The van der Waals surface area contributed by atoms with Gasteiger partial charge in [-0.2, -0.15) is 0 Å². The van der Waals surface area contributed by atoms with Crippen molar-refractivity contribution >= 4 is 55.3 Å². The van der Waals surface area contributed by atoms with E-state index in [1.165, 1.54) is 0 Å². The average molecular weight is 783 g/mol. The fourth-order valence-corrected chi connectivity index (χ4v) is 9.44. The van der Waals surface area contributed by atoms with E-state index in [1.54, 1.807) is 12.1 Å². The average Bonchev–Trinajstić information content (AvgIpc) is 3.21. The summed E-state index contributed by atoms with van der Waals surface area (Å²) in [5.41, 5.74) is 3.47. The third-order valence-electron chi connectivity index (χ3n) is 11.8. The van der Waals surface area contributed by atoms with Gasteiger partial charge in [-0.3, -0.25) is 0 Å². The Morgan fingerprint density at radius 3 is 1.32 bits per heavy atom. The largest absolute Gasteiger partial charge is 0.507 e. The molecule has 0 saturated carbocycles. The Kier molecular flexibility index (Phi) is 10.3. The van der Waals surface area contributed by atoms with Crippen molar-refractivity contribution in [1.82, 2.24) is 10.6 Å². The van der Waals surface area contributed by atoms with Crippen molar-refractivity contribution in [3.8, 4) is 33.8 Å². The number of aromatic hydroxyl groups is 2. The van der Waals surface area contributed by atoms with E-state index in [9.17, 15) is 30.0 Å². The number of fused-ring (bicyclic) bond motifs is 4. The Morgan fingerprint density at radius 2 is 0.881 bits per heavy atom. The Labute approximate surface area is 342 Å². The predicted octanol–water partition coefficient (Wildman–Crippen LogP) is 12.8. The van der Waals surface area contributed by atoms with Crippen LogP contribution in [0, 0.1) is 11.3 Å². The highest BCUT2D eigenvalue weighted by molar-refractivity contribution is 6.10. The van der Waals surface area contributed by atoms with Crippen LogP contribution in [0.1, 0.15) is 56.8 Å². The number of amides is 2. The van der Waals surface area contributed by atoms with Gasteiger partial charge in [-0.15, -0.1) is 0 Å². The molecule has 6 N–H and O–H groups in total. The van der Waals surface area contributed by atoms with Crippen molar-refractivity contribution < 1.29 is 30.0 Å². The zero-order valence-corrected chi connectivity index (χ0v) is 33.1. The first-order chi connectivity index (χ1) is 28.4. The number of rotatable bonds is 11. The van der Waals surface area contributed by atoms with Crippen molar-refractivity contribution in [2.75, 3.05) is 0 Å². The summed E-state index contributed by atoms with van der Waals surface area (Å²) in [6, 6.07) is 45.0. The molecule has 0 radical (unpaired) electrons. The molecule has 2 amide bonds.